The van der Waals surface area contributed by atoms with Crippen LogP contribution < -0.4 is 10.2 Å². The first-order chi connectivity index (χ1) is 8.13. The molecule has 0 aromatic carbocycles. The third-order valence-corrected chi connectivity index (χ3v) is 2.76. The van der Waals surface area contributed by atoms with Gasteiger partial charge in [-0.15, -0.1) is 5.10 Å². The molecule has 0 spiro atoms. The van der Waals surface area contributed by atoms with Crippen molar-refractivity contribution >= 4 is 6.01 Å². The minimum atomic E-state index is 0.0627. The molecule has 0 aliphatic carbocycles. The summed E-state index contributed by atoms with van der Waals surface area (Å²) >= 11 is 0. The molecule has 1 aromatic rings. The van der Waals surface area contributed by atoms with Gasteiger partial charge in [-0.05, 0) is 27.8 Å². The summed E-state index contributed by atoms with van der Waals surface area (Å²) in [6.45, 7) is 7.54. The zero-order valence-corrected chi connectivity index (χ0v) is 11.2. The van der Waals surface area contributed by atoms with E-state index < -0.39 is 0 Å². The quantitative estimate of drug-likeness (QED) is 0.775. The van der Waals surface area contributed by atoms with E-state index in [1.54, 1.807) is 7.11 Å². The summed E-state index contributed by atoms with van der Waals surface area (Å²) in [7, 11) is 3.55. The number of anilines is 1. The molecule has 0 saturated heterocycles. The van der Waals surface area contributed by atoms with Crippen molar-refractivity contribution < 1.29 is 9.15 Å². The van der Waals surface area contributed by atoms with E-state index in [9.17, 15) is 0 Å². The number of ether oxygens (including phenoxy) is 1. The number of hydrogen-bond donors (Lipinski definition) is 1. The largest absolute Gasteiger partial charge is 0.406 e. The number of hydrogen-bond acceptors (Lipinski definition) is 6. The summed E-state index contributed by atoms with van der Waals surface area (Å²) in [6, 6.07) is 0.824. The van der Waals surface area contributed by atoms with Crippen LogP contribution in [0.15, 0.2) is 4.42 Å². The van der Waals surface area contributed by atoms with Crippen LogP contribution in [0.1, 0.15) is 32.7 Å². The molecule has 0 fully saturated rings. The van der Waals surface area contributed by atoms with Gasteiger partial charge in [0.15, 0.2) is 0 Å². The summed E-state index contributed by atoms with van der Waals surface area (Å²) < 4.78 is 10.8. The van der Waals surface area contributed by atoms with Gasteiger partial charge in [0, 0.05) is 13.7 Å². The van der Waals surface area contributed by atoms with E-state index in [1.807, 2.05) is 18.9 Å². The van der Waals surface area contributed by atoms with Gasteiger partial charge in [-0.1, -0.05) is 5.10 Å². The first kappa shape index (κ1) is 13.9. The fourth-order valence-corrected chi connectivity index (χ4v) is 1.61. The van der Waals surface area contributed by atoms with Gasteiger partial charge in [0.25, 0.3) is 0 Å². The van der Waals surface area contributed by atoms with Gasteiger partial charge in [0.05, 0.1) is 18.7 Å². The maximum atomic E-state index is 5.64. The first-order valence-corrected chi connectivity index (χ1v) is 5.90. The first-order valence-electron chi connectivity index (χ1n) is 5.90. The van der Waals surface area contributed by atoms with E-state index in [0.29, 0.717) is 18.5 Å². The summed E-state index contributed by atoms with van der Waals surface area (Å²) in [5.41, 5.74) is 0. The lowest BCUT2D eigenvalue weighted by atomic mass is 10.3. The Morgan fingerprint density at radius 3 is 2.65 bits per heavy atom. The number of aromatic nitrogens is 2. The molecule has 1 rings (SSSR count). The molecule has 98 valence electrons. The lowest BCUT2D eigenvalue weighted by Crippen LogP contribution is -2.36. The van der Waals surface area contributed by atoms with Crippen molar-refractivity contribution in [3.63, 3.8) is 0 Å². The maximum absolute atomic E-state index is 5.64. The Hall–Kier alpha value is -1.14. The summed E-state index contributed by atoms with van der Waals surface area (Å²) in [5.74, 6) is 0.602. The number of nitrogens with zero attached hydrogens (tertiary/aromatic N) is 3. The van der Waals surface area contributed by atoms with Crippen LogP contribution in [0.4, 0.5) is 6.01 Å². The van der Waals surface area contributed by atoms with Gasteiger partial charge in [-0.3, -0.25) is 0 Å². The lowest BCUT2D eigenvalue weighted by molar-refractivity contribution is 0.180. The van der Waals surface area contributed by atoms with Crippen molar-refractivity contribution in [3.8, 4) is 0 Å². The van der Waals surface area contributed by atoms with Gasteiger partial charge < -0.3 is 19.4 Å². The van der Waals surface area contributed by atoms with Crippen LogP contribution >= 0.6 is 0 Å². The molecule has 1 N–H and O–H groups in total. The van der Waals surface area contributed by atoms with Crippen molar-refractivity contribution in [2.45, 2.75) is 32.9 Å². The topological polar surface area (TPSA) is 63.4 Å². The molecular formula is C11H22N4O2. The van der Waals surface area contributed by atoms with Gasteiger partial charge >= 0.3 is 6.01 Å². The van der Waals surface area contributed by atoms with E-state index in [-0.39, 0.29) is 12.1 Å². The Kier molecular flexibility index (Phi) is 5.37. The maximum Gasteiger partial charge on any atom is 0.318 e. The van der Waals surface area contributed by atoms with Crippen molar-refractivity contribution in [1.82, 2.24) is 15.5 Å². The standard InChI is InChI=1S/C11H22N4O2/c1-6-15(8(2)7-16-5)11-14-13-10(17-11)9(3)12-4/h8-9,12H,6-7H2,1-5H3. The Labute approximate surface area is 102 Å². The molecular weight excluding hydrogens is 220 g/mol. The molecule has 6 heteroatoms. The second-order valence-corrected chi connectivity index (χ2v) is 4.02. The van der Waals surface area contributed by atoms with E-state index in [4.69, 9.17) is 9.15 Å². The van der Waals surface area contributed by atoms with Crippen LogP contribution in [0.2, 0.25) is 0 Å². The molecule has 0 bridgehead atoms. The van der Waals surface area contributed by atoms with Gasteiger partial charge in [-0.25, -0.2) is 0 Å². The van der Waals surface area contributed by atoms with E-state index in [1.165, 1.54) is 0 Å². The third kappa shape index (κ3) is 3.41. The number of nitrogens with one attached hydrogen (secondary N) is 1. The number of methoxy groups -OCH3 is 1. The van der Waals surface area contributed by atoms with E-state index in [0.717, 1.165) is 6.54 Å². The molecule has 6 nitrogen and oxygen atoms in total. The predicted molar refractivity (Wildman–Crippen MR) is 66.1 cm³/mol. The van der Waals surface area contributed by atoms with E-state index >= 15 is 0 Å². The second-order valence-electron chi connectivity index (χ2n) is 4.02. The Morgan fingerprint density at radius 2 is 2.12 bits per heavy atom. The average molecular weight is 242 g/mol. The van der Waals surface area contributed by atoms with Crippen molar-refractivity contribution in [2.24, 2.45) is 0 Å². The molecule has 2 unspecified atom stereocenters. The van der Waals surface area contributed by atoms with Crippen molar-refractivity contribution in [1.29, 1.82) is 0 Å². The molecule has 1 aromatic heterocycles. The highest BCUT2D eigenvalue weighted by Gasteiger charge is 2.20. The van der Waals surface area contributed by atoms with Gasteiger partial charge in [0.1, 0.15) is 0 Å². The van der Waals surface area contributed by atoms with Crippen LogP contribution in [-0.2, 0) is 4.74 Å². The van der Waals surface area contributed by atoms with Crippen LogP contribution in [0, 0.1) is 0 Å². The molecule has 1 heterocycles. The van der Waals surface area contributed by atoms with Gasteiger partial charge in [0.2, 0.25) is 5.89 Å². The van der Waals surface area contributed by atoms with Crippen molar-refractivity contribution in [2.75, 3.05) is 32.2 Å². The molecule has 0 amide bonds. The van der Waals surface area contributed by atoms with Gasteiger partial charge in [-0.2, -0.15) is 0 Å². The zero-order valence-electron chi connectivity index (χ0n) is 11.2. The minimum absolute atomic E-state index is 0.0627. The lowest BCUT2D eigenvalue weighted by Gasteiger charge is -2.25. The van der Waals surface area contributed by atoms with Crippen molar-refractivity contribution in [3.05, 3.63) is 5.89 Å². The minimum Gasteiger partial charge on any atom is -0.406 e. The van der Waals surface area contributed by atoms with E-state index in [2.05, 4.69) is 29.4 Å². The Balaban J connectivity index is 2.78. The third-order valence-electron chi connectivity index (χ3n) is 2.76. The fraction of sp³-hybridized carbons (Fsp3) is 0.818. The van der Waals surface area contributed by atoms with Crippen LogP contribution in [0.5, 0.6) is 0 Å². The highest BCUT2D eigenvalue weighted by Crippen LogP contribution is 2.18. The monoisotopic (exact) mass is 242 g/mol. The van der Waals surface area contributed by atoms with Crippen LogP contribution in [-0.4, -0.2) is 43.5 Å². The average Bonchev–Trinajstić information content (AvgIpc) is 2.79. The second kappa shape index (κ2) is 6.56. The highest BCUT2D eigenvalue weighted by molar-refractivity contribution is 5.26. The van der Waals surface area contributed by atoms with Crippen LogP contribution in [0.3, 0.4) is 0 Å². The van der Waals surface area contributed by atoms with Crippen LogP contribution in [0.25, 0.3) is 0 Å². The summed E-state index contributed by atoms with van der Waals surface area (Å²) in [4.78, 5) is 2.03. The number of rotatable bonds is 7. The molecule has 0 saturated carbocycles. The highest BCUT2D eigenvalue weighted by atomic mass is 16.5. The fourth-order valence-electron chi connectivity index (χ4n) is 1.61. The summed E-state index contributed by atoms with van der Waals surface area (Å²) in [5, 5.41) is 11.2. The SMILES string of the molecule is CCN(c1nnc(C(C)NC)o1)C(C)COC. The molecule has 0 radical (unpaired) electrons. The Morgan fingerprint density at radius 1 is 1.41 bits per heavy atom. The smallest absolute Gasteiger partial charge is 0.318 e. The predicted octanol–water partition coefficient (Wildman–Crippen LogP) is 1.21. The Bertz CT molecular complexity index is 329. The molecule has 2 atom stereocenters. The number of likely N-dealkylation sites (N-methyl/N-ethyl adjacent to an activating group) is 1. The molecule has 0 aliphatic rings. The zero-order chi connectivity index (χ0) is 12.8. The normalized spacial score (nSPS) is 14.6. The molecule has 17 heavy (non-hydrogen) atoms. The molecule has 0 aliphatic heterocycles. The summed E-state index contributed by atoms with van der Waals surface area (Å²) in [6.07, 6.45) is 0.